The highest BCUT2D eigenvalue weighted by Crippen LogP contribution is 2.22. The predicted molar refractivity (Wildman–Crippen MR) is 118 cm³/mol. The van der Waals surface area contributed by atoms with Crippen LogP contribution in [0, 0.1) is 13.8 Å². The van der Waals surface area contributed by atoms with Crippen LogP contribution in [-0.4, -0.2) is 63.4 Å². The number of nitrogens with zero attached hydrogens (tertiary/aromatic N) is 2. The van der Waals surface area contributed by atoms with Gasteiger partial charge in [0.1, 0.15) is 5.75 Å². The summed E-state index contributed by atoms with van der Waals surface area (Å²) in [5.74, 6) is 1.51. The number of aryl methyl sites for hydroxylation is 2. The van der Waals surface area contributed by atoms with Crippen LogP contribution in [0.25, 0.3) is 0 Å². The molecule has 0 bridgehead atoms. The molecule has 1 saturated heterocycles. The summed E-state index contributed by atoms with van der Waals surface area (Å²) in [7, 11) is 0. The highest BCUT2D eigenvalue weighted by molar-refractivity contribution is 14.0. The molecular formula is C19H33IN4O2. The summed E-state index contributed by atoms with van der Waals surface area (Å²) in [6, 6.07) is 6.19. The van der Waals surface area contributed by atoms with Gasteiger partial charge in [0.25, 0.3) is 0 Å². The second kappa shape index (κ2) is 13.2. The van der Waals surface area contributed by atoms with E-state index < -0.39 is 0 Å². The van der Waals surface area contributed by atoms with Crippen molar-refractivity contribution in [1.82, 2.24) is 10.2 Å². The number of para-hydroxylation sites is 1. The lowest BCUT2D eigenvalue weighted by Gasteiger charge is -2.26. The molecule has 0 amide bonds. The fourth-order valence-corrected chi connectivity index (χ4v) is 2.86. The Morgan fingerprint density at radius 2 is 1.92 bits per heavy atom. The summed E-state index contributed by atoms with van der Waals surface area (Å²) in [4.78, 5) is 6.77. The summed E-state index contributed by atoms with van der Waals surface area (Å²) in [6.07, 6.45) is 1.91. The van der Waals surface area contributed by atoms with Gasteiger partial charge >= 0.3 is 0 Å². The lowest BCUT2D eigenvalue weighted by atomic mass is 10.1. The summed E-state index contributed by atoms with van der Waals surface area (Å²) in [5.41, 5.74) is 8.24. The van der Waals surface area contributed by atoms with E-state index in [9.17, 15) is 0 Å². The average molecular weight is 476 g/mol. The maximum atomic E-state index is 5.90. The van der Waals surface area contributed by atoms with Gasteiger partial charge in [-0.15, -0.1) is 24.0 Å². The molecule has 148 valence electrons. The zero-order valence-electron chi connectivity index (χ0n) is 16.0. The van der Waals surface area contributed by atoms with Gasteiger partial charge in [0.05, 0.1) is 19.8 Å². The molecule has 1 aromatic carbocycles. The van der Waals surface area contributed by atoms with Gasteiger partial charge in [-0.25, -0.2) is 0 Å². The third-order valence-corrected chi connectivity index (χ3v) is 4.30. The van der Waals surface area contributed by atoms with Gasteiger partial charge in [-0.1, -0.05) is 18.2 Å². The van der Waals surface area contributed by atoms with Crippen molar-refractivity contribution < 1.29 is 9.47 Å². The minimum atomic E-state index is 0. The van der Waals surface area contributed by atoms with Gasteiger partial charge in [-0.3, -0.25) is 9.89 Å². The van der Waals surface area contributed by atoms with E-state index in [4.69, 9.17) is 15.2 Å². The van der Waals surface area contributed by atoms with Crippen molar-refractivity contribution in [2.75, 3.05) is 52.5 Å². The molecule has 1 heterocycles. The molecule has 3 N–H and O–H groups in total. The molecule has 1 aromatic rings. The number of nitrogens with two attached hydrogens (primary N) is 1. The lowest BCUT2D eigenvalue weighted by Crippen LogP contribution is -2.39. The molecule has 0 atom stereocenters. The van der Waals surface area contributed by atoms with E-state index in [1.165, 1.54) is 11.1 Å². The van der Waals surface area contributed by atoms with E-state index in [2.05, 4.69) is 41.2 Å². The van der Waals surface area contributed by atoms with Crippen LogP contribution in [0.2, 0.25) is 0 Å². The third kappa shape index (κ3) is 8.55. The Kier molecular flexibility index (Phi) is 11.6. The number of morpholine rings is 1. The molecule has 0 aromatic heterocycles. The monoisotopic (exact) mass is 476 g/mol. The maximum Gasteiger partial charge on any atom is 0.188 e. The van der Waals surface area contributed by atoms with E-state index >= 15 is 0 Å². The second-order valence-corrected chi connectivity index (χ2v) is 6.42. The topological polar surface area (TPSA) is 72.1 Å². The SMILES string of the molecule is Cc1cccc(C)c1OCCCN=C(N)NCCCN1CCOCC1.I. The van der Waals surface area contributed by atoms with Crippen LogP contribution in [0.4, 0.5) is 0 Å². The smallest absolute Gasteiger partial charge is 0.188 e. The Balaban J connectivity index is 0.00000338. The highest BCUT2D eigenvalue weighted by Gasteiger charge is 2.09. The first-order valence-corrected chi connectivity index (χ1v) is 9.19. The Morgan fingerprint density at radius 1 is 1.23 bits per heavy atom. The van der Waals surface area contributed by atoms with Crippen molar-refractivity contribution in [2.24, 2.45) is 10.7 Å². The van der Waals surface area contributed by atoms with Gasteiger partial charge in [-0.2, -0.15) is 0 Å². The van der Waals surface area contributed by atoms with E-state index in [1.807, 2.05) is 6.07 Å². The van der Waals surface area contributed by atoms with Crippen molar-refractivity contribution in [3.05, 3.63) is 29.3 Å². The quantitative estimate of drug-likeness (QED) is 0.248. The van der Waals surface area contributed by atoms with Crippen molar-refractivity contribution in [1.29, 1.82) is 0 Å². The molecule has 0 saturated carbocycles. The zero-order valence-corrected chi connectivity index (χ0v) is 18.3. The van der Waals surface area contributed by atoms with Crippen LogP contribution in [0.15, 0.2) is 23.2 Å². The van der Waals surface area contributed by atoms with Crippen molar-refractivity contribution >= 4 is 29.9 Å². The van der Waals surface area contributed by atoms with Crippen LogP contribution in [0.5, 0.6) is 5.75 Å². The molecule has 0 unspecified atom stereocenters. The second-order valence-electron chi connectivity index (χ2n) is 6.42. The van der Waals surface area contributed by atoms with Gasteiger partial charge in [0, 0.05) is 32.6 Å². The first kappa shape index (κ1) is 23.0. The molecule has 0 spiro atoms. The molecule has 7 heteroatoms. The van der Waals surface area contributed by atoms with Gasteiger partial charge in [-0.05, 0) is 37.9 Å². The molecule has 26 heavy (non-hydrogen) atoms. The average Bonchev–Trinajstić information content (AvgIpc) is 2.61. The fourth-order valence-electron chi connectivity index (χ4n) is 2.86. The molecule has 1 fully saturated rings. The van der Waals surface area contributed by atoms with Crippen LogP contribution in [-0.2, 0) is 4.74 Å². The van der Waals surface area contributed by atoms with E-state index in [0.29, 0.717) is 19.1 Å². The Hall–Kier alpha value is -1.06. The third-order valence-electron chi connectivity index (χ3n) is 4.30. The minimum Gasteiger partial charge on any atom is -0.493 e. The maximum absolute atomic E-state index is 5.90. The first-order valence-electron chi connectivity index (χ1n) is 9.19. The standard InChI is InChI=1S/C19H32N4O2.HI/c1-16-6-3-7-17(2)18(16)25-13-5-9-22-19(20)21-8-4-10-23-11-14-24-15-12-23;/h3,6-7H,4-5,8-15H2,1-2H3,(H3,20,21,22);1H. The highest BCUT2D eigenvalue weighted by atomic mass is 127. The van der Waals surface area contributed by atoms with E-state index in [-0.39, 0.29) is 24.0 Å². The summed E-state index contributed by atoms with van der Waals surface area (Å²) < 4.78 is 11.2. The largest absolute Gasteiger partial charge is 0.493 e. The molecule has 0 aliphatic carbocycles. The molecule has 1 aliphatic heterocycles. The Labute approximate surface area is 174 Å². The van der Waals surface area contributed by atoms with Gasteiger partial charge < -0.3 is 20.5 Å². The number of rotatable bonds is 9. The molecule has 1 aliphatic rings. The van der Waals surface area contributed by atoms with Crippen LogP contribution in [0.1, 0.15) is 24.0 Å². The van der Waals surface area contributed by atoms with Crippen LogP contribution < -0.4 is 15.8 Å². The molecular weight excluding hydrogens is 443 g/mol. The Morgan fingerprint density at radius 3 is 2.62 bits per heavy atom. The fraction of sp³-hybridized carbons (Fsp3) is 0.632. The molecule has 6 nitrogen and oxygen atoms in total. The van der Waals surface area contributed by atoms with E-state index in [1.54, 1.807) is 0 Å². The van der Waals surface area contributed by atoms with Crippen molar-refractivity contribution in [3.63, 3.8) is 0 Å². The number of hydrogen-bond acceptors (Lipinski definition) is 4. The lowest BCUT2D eigenvalue weighted by molar-refractivity contribution is 0.0376. The number of hydrogen-bond donors (Lipinski definition) is 2. The predicted octanol–water partition coefficient (Wildman–Crippen LogP) is 2.32. The van der Waals surface area contributed by atoms with Gasteiger partial charge in [0.15, 0.2) is 5.96 Å². The number of ether oxygens (including phenoxy) is 2. The summed E-state index contributed by atoms with van der Waals surface area (Å²) >= 11 is 0. The van der Waals surface area contributed by atoms with Crippen LogP contribution in [0.3, 0.4) is 0 Å². The number of nitrogens with one attached hydrogen (secondary N) is 1. The van der Waals surface area contributed by atoms with Crippen molar-refractivity contribution in [3.8, 4) is 5.75 Å². The van der Waals surface area contributed by atoms with E-state index in [0.717, 1.165) is 58.0 Å². The molecule has 0 radical (unpaired) electrons. The number of halogens is 1. The summed E-state index contributed by atoms with van der Waals surface area (Å²) in [6.45, 7) is 11.2. The van der Waals surface area contributed by atoms with Gasteiger partial charge in [0.2, 0.25) is 0 Å². The van der Waals surface area contributed by atoms with Crippen molar-refractivity contribution in [2.45, 2.75) is 26.7 Å². The molecule has 2 rings (SSSR count). The summed E-state index contributed by atoms with van der Waals surface area (Å²) in [5, 5.41) is 3.18. The normalized spacial score (nSPS) is 15.4. The number of aliphatic imine (C=N–C) groups is 1. The number of benzene rings is 1. The minimum absolute atomic E-state index is 0. The Bertz CT molecular complexity index is 528. The number of guanidine groups is 1. The zero-order chi connectivity index (χ0) is 17.9. The first-order chi connectivity index (χ1) is 12.2. The van der Waals surface area contributed by atoms with Crippen LogP contribution >= 0.6 is 24.0 Å².